The Hall–Kier alpha value is -3.09. The fraction of sp³-hybridized carbons (Fsp3) is 0. The highest BCUT2D eigenvalue weighted by molar-refractivity contribution is 7.89. The van der Waals surface area contributed by atoms with Gasteiger partial charge in [-0.25, -0.2) is 17.9 Å². The van der Waals surface area contributed by atoms with Gasteiger partial charge in [0.2, 0.25) is 10.0 Å². The molecular weight excluding hydrogens is 365 g/mol. The number of sulfonamides is 1. The number of nitrogens with two attached hydrogens (primary N) is 1. The maximum absolute atomic E-state index is 13.6. The number of halogens is 1. The third-order valence-corrected chi connectivity index (χ3v) is 4.89. The van der Waals surface area contributed by atoms with E-state index in [0.717, 1.165) is 23.3 Å². The van der Waals surface area contributed by atoms with E-state index < -0.39 is 20.7 Å². The second kappa shape index (κ2) is 7.65. The molecule has 3 aromatic rings. The van der Waals surface area contributed by atoms with Gasteiger partial charge in [0.15, 0.2) is 5.78 Å². The Morgan fingerprint density at radius 1 is 0.889 bits per heavy atom. The van der Waals surface area contributed by atoms with Crippen LogP contribution >= 0.6 is 0 Å². The summed E-state index contributed by atoms with van der Waals surface area (Å²) in [5.41, 5.74) is 2.88. The van der Waals surface area contributed by atoms with Gasteiger partial charge in [0.25, 0.3) is 0 Å². The zero-order valence-corrected chi connectivity index (χ0v) is 15.0. The largest absolute Gasteiger partial charge is 0.289 e. The van der Waals surface area contributed by atoms with Crippen LogP contribution in [0.4, 0.5) is 4.39 Å². The Labute approximate surface area is 156 Å². The monoisotopic (exact) mass is 381 g/mol. The number of ketones is 1. The quantitative estimate of drug-likeness (QED) is 0.535. The van der Waals surface area contributed by atoms with E-state index in [4.69, 9.17) is 5.14 Å². The van der Waals surface area contributed by atoms with Crippen molar-refractivity contribution in [2.24, 2.45) is 5.14 Å². The summed E-state index contributed by atoms with van der Waals surface area (Å²) < 4.78 is 36.3. The molecule has 0 heterocycles. The van der Waals surface area contributed by atoms with Crippen LogP contribution in [0.2, 0.25) is 0 Å². The van der Waals surface area contributed by atoms with Crippen LogP contribution in [0, 0.1) is 5.82 Å². The van der Waals surface area contributed by atoms with Gasteiger partial charge in [-0.15, -0.1) is 0 Å². The first-order valence-electron chi connectivity index (χ1n) is 8.05. The number of carbonyl (C=O) groups is 1. The van der Waals surface area contributed by atoms with Crippen LogP contribution in [0.3, 0.4) is 0 Å². The molecule has 0 aliphatic rings. The molecule has 0 spiro atoms. The lowest BCUT2D eigenvalue weighted by Gasteiger charge is -2.03. The zero-order valence-electron chi connectivity index (χ0n) is 14.2. The van der Waals surface area contributed by atoms with Crippen LogP contribution < -0.4 is 5.14 Å². The SMILES string of the molecule is NS(=O)(=O)c1cc(C=CC(=O)c2ccc(-c3ccccc3)cc2)ccc1F. The molecule has 0 aliphatic heterocycles. The van der Waals surface area contributed by atoms with E-state index in [1.807, 2.05) is 42.5 Å². The predicted molar refractivity (Wildman–Crippen MR) is 103 cm³/mol. The molecule has 0 saturated carbocycles. The van der Waals surface area contributed by atoms with Gasteiger partial charge in [-0.05, 0) is 34.9 Å². The molecule has 0 fully saturated rings. The summed E-state index contributed by atoms with van der Waals surface area (Å²) >= 11 is 0. The maximum Gasteiger partial charge on any atom is 0.240 e. The standard InChI is InChI=1S/C21H16FNO3S/c22-19-12-6-15(14-21(19)27(23,25)26)7-13-20(24)18-10-8-17(9-11-18)16-4-2-1-3-5-16/h1-14H,(H2,23,25,26). The van der Waals surface area contributed by atoms with E-state index in [2.05, 4.69) is 0 Å². The number of allylic oxidation sites excluding steroid dienone is 1. The third kappa shape index (κ3) is 4.55. The molecule has 6 heteroatoms. The van der Waals surface area contributed by atoms with Crippen molar-refractivity contribution in [3.8, 4) is 11.1 Å². The van der Waals surface area contributed by atoms with Gasteiger partial charge in [-0.2, -0.15) is 0 Å². The Balaban J connectivity index is 1.79. The molecule has 0 radical (unpaired) electrons. The average molecular weight is 381 g/mol. The molecule has 4 nitrogen and oxygen atoms in total. The van der Waals surface area contributed by atoms with Crippen molar-refractivity contribution in [1.29, 1.82) is 0 Å². The highest BCUT2D eigenvalue weighted by Gasteiger charge is 2.14. The van der Waals surface area contributed by atoms with Gasteiger partial charge >= 0.3 is 0 Å². The molecule has 0 unspecified atom stereocenters. The topological polar surface area (TPSA) is 77.2 Å². The highest BCUT2D eigenvalue weighted by Crippen LogP contribution is 2.20. The fourth-order valence-corrected chi connectivity index (χ4v) is 3.21. The van der Waals surface area contributed by atoms with Gasteiger partial charge in [-0.1, -0.05) is 66.7 Å². The van der Waals surface area contributed by atoms with E-state index in [-0.39, 0.29) is 5.78 Å². The normalized spacial score (nSPS) is 11.6. The smallest absolute Gasteiger partial charge is 0.240 e. The van der Waals surface area contributed by atoms with Gasteiger partial charge in [0.05, 0.1) is 0 Å². The molecular formula is C21H16FNO3S. The molecule has 27 heavy (non-hydrogen) atoms. The van der Waals surface area contributed by atoms with Crippen LogP contribution in [-0.4, -0.2) is 14.2 Å². The molecule has 0 aromatic heterocycles. The Bertz CT molecular complexity index is 1110. The lowest BCUT2D eigenvalue weighted by molar-refractivity contribution is 0.104. The molecule has 0 atom stereocenters. The zero-order chi connectivity index (χ0) is 19.4. The van der Waals surface area contributed by atoms with Gasteiger partial charge in [0.1, 0.15) is 10.7 Å². The molecule has 3 rings (SSSR count). The van der Waals surface area contributed by atoms with E-state index >= 15 is 0 Å². The Morgan fingerprint density at radius 3 is 2.15 bits per heavy atom. The highest BCUT2D eigenvalue weighted by atomic mass is 32.2. The molecule has 136 valence electrons. The lowest BCUT2D eigenvalue weighted by atomic mass is 10.0. The van der Waals surface area contributed by atoms with Gasteiger partial charge in [0, 0.05) is 5.56 Å². The summed E-state index contributed by atoms with van der Waals surface area (Å²) in [6.07, 6.45) is 2.72. The first-order valence-corrected chi connectivity index (χ1v) is 9.59. The van der Waals surface area contributed by atoms with E-state index in [1.54, 1.807) is 12.1 Å². The molecule has 0 saturated heterocycles. The van der Waals surface area contributed by atoms with Crippen LogP contribution in [0.1, 0.15) is 15.9 Å². The summed E-state index contributed by atoms with van der Waals surface area (Å²) in [7, 11) is -4.17. The summed E-state index contributed by atoms with van der Waals surface area (Å²) in [5.74, 6) is -1.19. The molecule has 0 amide bonds. The van der Waals surface area contributed by atoms with Crippen LogP contribution in [-0.2, 0) is 10.0 Å². The molecule has 3 aromatic carbocycles. The summed E-state index contributed by atoms with van der Waals surface area (Å²) in [6, 6.07) is 20.4. The van der Waals surface area contributed by atoms with Crippen molar-refractivity contribution in [3.05, 3.63) is 95.8 Å². The van der Waals surface area contributed by atoms with E-state index in [0.29, 0.717) is 11.1 Å². The molecule has 0 bridgehead atoms. The van der Waals surface area contributed by atoms with Crippen molar-refractivity contribution in [2.75, 3.05) is 0 Å². The van der Waals surface area contributed by atoms with Crippen molar-refractivity contribution in [3.63, 3.8) is 0 Å². The number of hydrogen-bond donors (Lipinski definition) is 1. The summed E-state index contributed by atoms with van der Waals surface area (Å²) in [6.45, 7) is 0. The van der Waals surface area contributed by atoms with Crippen molar-refractivity contribution < 1.29 is 17.6 Å². The maximum atomic E-state index is 13.6. The minimum absolute atomic E-state index is 0.254. The number of primary sulfonamides is 1. The number of carbonyl (C=O) groups excluding carboxylic acids is 1. The Kier molecular flexibility index (Phi) is 5.30. The summed E-state index contributed by atoms with van der Waals surface area (Å²) in [4.78, 5) is 11.7. The van der Waals surface area contributed by atoms with Gasteiger partial charge in [-0.3, -0.25) is 4.79 Å². The van der Waals surface area contributed by atoms with Crippen molar-refractivity contribution >= 4 is 21.9 Å². The minimum Gasteiger partial charge on any atom is -0.289 e. The average Bonchev–Trinajstić information content (AvgIpc) is 2.67. The van der Waals surface area contributed by atoms with E-state index in [9.17, 15) is 17.6 Å². The van der Waals surface area contributed by atoms with Crippen LogP contribution in [0.5, 0.6) is 0 Å². The second-order valence-electron chi connectivity index (χ2n) is 5.88. The molecule has 0 aliphatic carbocycles. The number of benzene rings is 3. The minimum atomic E-state index is -4.17. The number of rotatable bonds is 5. The van der Waals surface area contributed by atoms with Crippen molar-refractivity contribution in [2.45, 2.75) is 4.90 Å². The van der Waals surface area contributed by atoms with Gasteiger partial charge < -0.3 is 0 Å². The second-order valence-corrected chi connectivity index (χ2v) is 7.41. The van der Waals surface area contributed by atoms with Crippen LogP contribution in [0.25, 0.3) is 17.2 Å². The number of hydrogen-bond acceptors (Lipinski definition) is 3. The fourth-order valence-electron chi connectivity index (χ4n) is 2.57. The first kappa shape index (κ1) is 18.7. The predicted octanol–water partition coefficient (Wildman–Crippen LogP) is 4.04. The van der Waals surface area contributed by atoms with E-state index in [1.165, 1.54) is 18.2 Å². The summed E-state index contributed by atoms with van der Waals surface area (Å²) in [5, 5.41) is 4.98. The molecule has 2 N–H and O–H groups in total. The lowest BCUT2D eigenvalue weighted by Crippen LogP contribution is -2.14. The van der Waals surface area contributed by atoms with Crippen LogP contribution in [0.15, 0.2) is 83.8 Å². The first-order chi connectivity index (χ1) is 12.8. The third-order valence-electron chi connectivity index (χ3n) is 3.97. The Morgan fingerprint density at radius 2 is 1.52 bits per heavy atom. The van der Waals surface area contributed by atoms with Crippen molar-refractivity contribution in [1.82, 2.24) is 0 Å².